The smallest absolute Gasteiger partial charge is 0.149 e. The summed E-state index contributed by atoms with van der Waals surface area (Å²) >= 11 is 0. The van der Waals surface area contributed by atoms with Crippen LogP contribution < -0.4 is 15.2 Å². The number of likely N-dealkylation sites (tertiary alicyclic amines) is 1. The summed E-state index contributed by atoms with van der Waals surface area (Å²) in [6.45, 7) is 3.16. The molecule has 4 rings (SSSR count). The molecule has 0 radical (unpaired) electrons. The molecule has 1 fully saturated rings. The van der Waals surface area contributed by atoms with Crippen molar-refractivity contribution in [1.82, 2.24) is 9.88 Å². The minimum Gasteiger partial charge on any atom is -0.492 e. The number of pyridine rings is 1. The zero-order valence-corrected chi connectivity index (χ0v) is 17.6. The summed E-state index contributed by atoms with van der Waals surface area (Å²) in [5, 5.41) is 20.0. The summed E-state index contributed by atoms with van der Waals surface area (Å²) in [4.78, 5) is 6.68. The lowest BCUT2D eigenvalue weighted by Gasteiger charge is -2.22. The number of nitrogens with two attached hydrogens (primary N) is 1. The van der Waals surface area contributed by atoms with E-state index in [0.29, 0.717) is 34.6 Å². The molecule has 1 atom stereocenters. The average Bonchev–Trinajstić information content (AvgIpc) is 3.32. The maximum atomic E-state index is 13.8. The average molecular weight is 436 g/mol. The quantitative estimate of drug-likeness (QED) is 0.519. The number of ether oxygens (including phenoxy) is 2. The van der Waals surface area contributed by atoms with Gasteiger partial charge in [0.2, 0.25) is 0 Å². The van der Waals surface area contributed by atoms with E-state index < -0.39 is 5.82 Å². The predicted octanol–water partition coefficient (Wildman–Crippen LogP) is 3.70. The lowest BCUT2D eigenvalue weighted by molar-refractivity contribution is 0.129. The van der Waals surface area contributed by atoms with Crippen molar-refractivity contribution < 1.29 is 19.0 Å². The fraction of sp³-hybridized carbons (Fsp3) is 0.333. The van der Waals surface area contributed by atoms with Crippen LogP contribution in [0.25, 0.3) is 10.9 Å². The Morgan fingerprint density at radius 1 is 1.19 bits per heavy atom. The molecule has 2 heterocycles. The molecule has 1 aromatic heterocycles. The number of aromatic nitrogens is 1. The van der Waals surface area contributed by atoms with Gasteiger partial charge in [0, 0.05) is 36.2 Å². The van der Waals surface area contributed by atoms with E-state index in [-0.39, 0.29) is 24.0 Å². The van der Waals surface area contributed by atoms with E-state index in [0.717, 1.165) is 19.6 Å². The Balaban J connectivity index is 1.55. The maximum Gasteiger partial charge on any atom is 0.149 e. The minimum absolute atomic E-state index is 0.0142. The Hall–Kier alpha value is -3.41. The Morgan fingerprint density at radius 3 is 2.72 bits per heavy atom. The van der Waals surface area contributed by atoms with E-state index in [1.165, 1.54) is 25.0 Å². The molecule has 2 aromatic carbocycles. The Morgan fingerprint density at radius 2 is 2.00 bits per heavy atom. The minimum atomic E-state index is -0.568. The van der Waals surface area contributed by atoms with Crippen LogP contribution in [0.1, 0.15) is 18.4 Å². The van der Waals surface area contributed by atoms with Crippen molar-refractivity contribution in [2.75, 3.05) is 38.6 Å². The topological polar surface area (TPSA) is 105 Å². The van der Waals surface area contributed by atoms with Crippen LogP contribution in [0.4, 0.5) is 10.1 Å². The molecular weight excluding hydrogens is 411 g/mol. The van der Waals surface area contributed by atoms with Crippen LogP contribution >= 0.6 is 0 Å². The lowest BCUT2D eigenvalue weighted by Crippen LogP contribution is -2.32. The normalized spacial score (nSPS) is 14.9. The number of aliphatic hydroxyl groups excluding tert-OH is 1. The van der Waals surface area contributed by atoms with E-state index in [1.807, 2.05) is 0 Å². The van der Waals surface area contributed by atoms with Crippen molar-refractivity contribution in [3.63, 3.8) is 0 Å². The molecule has 8 heteroatoms. The molecule has 0 amide bonds. The number of nitrogens with zero attached hydrogens (tertiary/aromatic N) is 3. The van der Waals surface area contributed by atoms with Crippen LogP contribution in [0.5, 0.6) is 17.2 Å². The molecule has 0 bridgehead atoms. The first-order valence-electron chi connectivity index (χ1n) is 10.6. The van der Waals surface area contributed by atoms with Gasteiger partial charge in [0.1, 0.15) is 29.1 Å². The van der Waals surface area contributed by atoms with Gasteiger partial charge in [-0.3, -0.25) is 4.98 Å². The first-order valence-corrected chi connectivity index (χ1v) is 10.6. The van der Waals surface area contributed by atoms with Crippen molar-refractivity contribution in [1.29, 1.82) is 5.26 Å². The van der Waals surface area contributed by atoms with Crippen LogP contribution in [0.2, 0.25) is 0 Å². The SMILES string of the molecule is N#Cc1cc2c(Oc3ccc(N)c(F)c3)ccnc2cc1OCC(CO)CN1CCCC1. The first-order chi connectivity index (χ1) is 15.6. The number of rotatable bonds is 8. The van der Waals surface area contributed by atoms with E-state index in [1.54, 1.807) is 30.5 Å². The van der Waals surface area contributed by atoms with Crippen LogP contribution in [0.15, 0.2) is 42.6 Å². The molecule has 1 saturated heterocycles. The number of anilines is 1. The zero-order chi connectivity index (χ0) is 22.5. The molecule has 0 saturated carbocycles. The molecule has 1 unspecified atom stereocenters. The van der Waals surface area contributed by atoms with Gasteiger partial charge < -0.3 is 25.2 Å². The molecule has 0 spiro atoms. The third-order valence-corrected chi connectivity index (χ3v) is 5.57. The van der Waals surface area contributed by atoms with Crippen LogP contribution in [0, 0.1) is 23.1 Å². The van der Waals surface area contributed by atoms with Gasteiger partial charge in [0.15, 0.2) is 0 Å². The Labute approximate surface area is 185 Å². The first kappa shape index (κ1) is 21.8. The van der Waals surface area contributed by atoms with Crippen molar-refractivity contribution in [2.45, 2.75) is 12.8 Å². The van der Waals surface area contributed by atoms with Crippen molar-refractivity contribution in [2.24, 2.45) is 5.92 Å². The number of nitriles is 1. The second-order valence-electron chi connectivity index (χ2n) is 7.94. The van der Waals surface area contributed by atoms with Crippen LogP contribution in [-0.2, 0) is 0 Å². The number of halogens is 1. The second-order valence-corrected chi connectivity index (χ2v) is 7.94. The van der Waals surface area contributed by atoms with Gasteiger partial charge in [-0.25, -0.2) is 4.39 Å². The monoisotopic (exact) mass is 436 g/mol. The predicted molar refractivity (Wildman–Crippen MR) is 119 cm³/mol. The van der Waals surface area contributed by atoms with E-state index in [2.05, 4.69) is 16.0 Å². The van der Waals surface area contributed by atoms with E-state index in [4.69, 9.17) is 15.2 Å². The summed E-state index contributed by atoms with van der Waals surface area (Å²) in [6, 6.07) is 11.3. The van der Waals surface area contributed by atoms with Crippen LogP contribution in [0.3, 0.4) is 0 Å². The molecule has 1 aliphatic heterocycles. The summed E-state index contributed by atoms with van der Waals surface area (Å²) in [5.41, 5.74) is 6.47. The Kier molecular flexibility index (Phi) is 6.69. The highest BCUT2D eigenvalue weighted by Crippen LogP contribution is 2.34. The second kappa shape index (κ2) is 9.81. The van der Waals surface area contributed by atoms with E-state index in [9.17, 15) is 14.8 Å². The highest BCUT2D eigenvalue weighted by Gasteiger charge is 2.19. The van der Waals surface area contributed by atoms with E-state index >= 15 is 0 Å². The van der Waals surface area contributed by atoms with Gasteiger partial charge in [-0.15, -0.1) is 0 Å². The molecule has 166 valence electrons. The zero-order valence-electron chi connectivity index (χ0n) is 17.6. The summed E-state index contributed by atoms with van der Waals surface area (Å²) in [5.74, 6) is 0.517. The largest absolute Gasteiger partial charge is 0.492 e. The third kappa shape index (κ3) is 4.90. The maximum absolute atomic E-state index is 13.8. The molecule has 0 aliphatic carbocycles. The third-order valence-electron chi connectivity index (χ3n) is 5.57. The number of nitrogen functional groups attached to an aromatic ring is 1. The van der Waals surface area contributed by atoms with Gasteiger partial charge in [0.05, 0.1) is 30.0 Å². The van der Waals surface area contributed by atoms with Crippen molar-refractivity contribution in [3.05, 3.63) is 54.0 Å². The van der Waals surface area contributed by atoms with Gasteiger partial charge in [0.25, 0.3) is 0 Å². The number of aliphatic hydroxyl groups is 1. The Bertz CT molecular complexity index is 1140. The van der Waals surface area contributed by atoms with Crippen LogP contribution in [-0.4, -0.2) is 47.8 Å². The highest BCUT2D eigenvalue weighted by molar-refractivity contribution is 5.88. The standard InChI is InChI=1S/C24H25FN4O3/c25-20-10-18(3-4-21(20)27)32-23-5-6-28-22-11-24(17(12-26)9-19(22)23)31-15-16(14-30)13-29-7-1-2-8-29/h3-6,9-11,16,30H,1-2,7-8,13-15,27H2. The fourth-order valence-corrected chi connectivity index (χ4v) is 3.84. The molecular formula is C24H25FN4O3. The molecule has 32 heavy (non-hydrogen) atoms. The van der Waals surface area contributed by atoms with Gasteiger partial charge in [-0.1, -0.05) is 0 Å². The summed E-state index contributed by atoms with van der Waals surface area (Å²) in [6.07, 6.45) is 3.94. The number of hydrogen-bond acceptors (Lipinski definition) is 7. The van der Waals surface area contributed by atoms with Crippen molar-refractivity contribution >= 4 is 16.6 Å². The molecule has 3 N–H and O–H groups in total. The highest BCUT2D eigenvalue weighted by atomic mass is 19.1. The molecule has 7 nitrogen and oxygen atoms in total. The van der Waals surface area contributed by atoms with Gasteiger partial charge >= 0.3 is 0 Å². The summed E-state index contributed by atoms with van der Waals surface area (Å²) in [7, 11) is 0. The van der Waals surface area contributed by atoms with Crippen molar-refractivity contribution in [3.8, 4) is 23.3 Å². The number of benzene rings is 2. The van der Waals surface area contributed by atoms with Gasteiger partial charge in [-0.2, -0.15) is 5.26 Å². The lowest BCUT2D eigenvalue weighted by atomic mass is 10.1. The number of hydrogen-bond donors (Lipinski definition) is 2. The number of fused-ring (bicyclic) bond motifs is 1. The van der Waals surface area contributed by atoms with Gasteiger partial charge in [-0.05, 0) is 50.2 Å². The fourth-order valence-electron chi connectivity index (χ4n) is 3.84. The molecule has 1 aliphatic rings. The summed E-state index contributed by atoms with van der Waals surface area (Å²) < 4.78 is 25.5. The molecule has 3 aromatic rings.